The van der Waals surface area contributed by atoms with Gasteiger partial charge in [-0.2, -0.15) is 0 Å². The molecule has 4 nitrogen and oxygen atoms in total. The number of halogens is 1. The molecule has 0 aromatic heterocycles. The third-order valence-electron chi connectivity index (χ3n) is 3.31. The molecule has 0 unspecified atom stereocenters. The van der Waals surface area contributed by atoms with Crippen molar-refractivity contribution in [3.63, 3.8) is 0 Å². The Balaban J connectivity index is 2.68. The zero-order chi connectivity index (χ0) is 13.1. The Morgan fingerprint density at radius 3 is 2.42 bits per heavy atom. The van der Waals surface area contributed by atoms with Crippen molar-refractivity contribution >= 4 is 44.4 Å². The zero-order valence-electron chi connectivity index (χ0n) is 9.48. The average molecular weight is 360 g/mol. The Labute approximate surface area is 119 Å². The predicted molar refractivity (Wildman–Crippen MR) is 80.0 cm³/mol. The maximum Gasteiger partial charge on any atom is 0.279 e. The third-order valence-corrected chi connectivity index (χ3v) is 4.21. The molecule has 2 aliphatic rings. The standard InChI is InChI=1S/C14H5IN2O2/c15-7-4-5-9-12-10-6(13(18)16-9)2-1-3-8(10)17-14(19)11(7)12/h1-5H. The Morgan fingerprint density at radius 1 is 0.842 bits per heavy atom. The summed E-state index contributed by atoms with van der Waals surface area (Å²) in [5, 5.41) is 2.56. The van der Waals surface area contributed by atoms with Crippen molar-refractivity contribution in [1.29, 1.82) is 0 Å². The Kier molecular flexibility index (Phi) is 2.06. The second-order valence-corrected chi connectivity index (χ2v) is 5.51. The molecule has 0 fully saturated rings. The SMILES string of the molecule is O=c1nc2ccc(I)c3c(=O)nc4cccc1c4=c23. The number of aromatic nitrogens is 2. The van der Waals surface area contributed by atoms with Gasteiger partial charge < -0.3 is 0 Å². The van der Waals surface area contributed by atoms with Crippen LogP contribution in [-0.4, -0.2) is 9.97 Å². The lowest BCUT2D eigenvalue weighted by Crippen LogP contribution is -2.15. The highest BCUT2D eigenvalue weighted by atomic mass is 127. The molecule has 0 saturated heterocycles. The number of hydrogen-bond acceptors (Lipinski definition) is 4. The maximum absolute atomic E-state index is 12.1. The first kappa shape index (κ1) is 11.0. The van der Waals surface area contributed by atoms with Crippen LogP contribution in [0.15, 0.2) is 39.9 Å². The first-order valence-corrected chi connectivity index (χ1v) is 6.73. The van der Waals surface area contributed by atoms with Gasteiger partial charge in [0.1, 0.15) is 0 Å². The summed E-state index contributed by atoms with van der Waals surface area (Å²) in [6.45, 7) is 0. The van der Waals surface area contributed by atoms with Crippen molar-refractivity contribution < 1.29 is 0 Å². The molecule has 0 bridgehead atoms. The van der Waals surface area contributed by atoms with E-state index in [9.17, 15) is 9.59 Å². The van der Waals surface area contributed by atoms with Crippen LogP contribution in [0.5, 0.6) is 0 Å². The largest absolute Gasteiger partial charge is 0.279 e. The fourth-order valence-corrected chi connectivity index (χ4v) is 3.21. The van der Waals surface area contributed by atoms with Crippen LogP contribution in [0.4, 0.5) is 0 Å². The van der Waals surface area contributed by atoms with Gasteiger partial charge in [0.05, 0.1) is 21.8 Å². The molecular weight excluding hydrogens is 355 g/mol. The fourth-order valence-electron chi connectivity index (χ4n) is 2.53. The van der Waals surface area contributed by atoms with E-state index in [1.165, 1.54) is 0 Å². The van der Waals surface area contributed by atoms with Crippen LogP contribution in [0.25, 0.3) is 21.8 Å². The van der Waals surface area contributed by atoms with E-state index in [-0.39, 0.29) is 11.1 Å². The molecule has 0 N–H and O–H groups in total. The summed E-state index contributed by atoms with van der Waals surface area (Å²) in [6.07, 6.45) is 0. The highest BCUT2D eigenvalue weighted by Crippen LogP contribution is 2.21. The Bertz CT molecular complexity index is 1110. The molecule has 4 rings (SSSR count). The topological polar surface area (TPSA) is 59.9 Å². The summed E-state index contributed by atoms with van der Waals surface area (Å²) in [5.74, 6) is 0. The molecule has 0 amide bonds. The van der Waals surface area contributed by atoms with Crippen LogP contribution < -0.4 is 11.1 Å². The molecule has 0 saturated carbocycles. The van der Waals surface area contributed by atoms with E-state index in [0.717, 1.165) is 14.0 Å². The van der Waals surface area contributed by atoms with Gasteiger partial charge in [0, 0.05) is 14.0 Å². The van der Waals surface area contributed by atoms with Gasteiger partial charge in [0.2, 0.25) is 0 Å². The second kappa shape index (κ2) is 3.57. The Morgan fingerprint density at radius 2 is 1.58 bits per heavy atom. The fraction of sp³-hybridized carbons (Fsp3) is 0. The number of hydrogen-bond donors (Lipinski definition) is 0. The predicted octanol–water partition coefficient (Wildman–Crippen LogP) is 1.71. The van der Waals surface area contributed by atoms with E-state index >= 15 is 0 Å². The summed E-state index contributed by atoms with van der Waals surface area (Å²) < 4.78 is 0.829. The van der Waals surface area contributed by atoms with E-state index < -0.39 is 0 Å². The van der Waals surface area contributed by atoms with Gasteiger partial charge >= 0.3 is 0 Å². The van der Waals surface area contributed by atoms with Gasteiger partial charge in [-0.25, -0.2) is 9.97 Å². The van der Waals surface area contributed by atoms with Gasteiger partial charge in [-0.15, -0.1) is 0 Å². The van der Waals surface area contributed by atoms with E-state index in [4.69, 9.17) is 0 Å². The number of nitrogens with zero attached hydrogens (tertiary/aromatic N) is 2. The molecule has 0 aliphatic carbocycles. The monoisotopic (exact) mass is 360 g/mol. The van der Waals surface area contributed by atoms with Crippen LogP contribution in [0.1, 0.15) is 0 Å². The molecule has 0 atom stereocenters. The van der Waals surface area contributed by atoms with Crippen molar-refractivity contribution in [2.45, 2.75) is 0 Å². The molecule has 5 heteroatoms. The summed E-state index contributed by atoms with van der Waals surface area (Å²) in [5.41, 5.74) is 0.571. The van der Waals surface area contributed by atoms with E-state index in [1.807, 2.05) is 0 Å². The molecule has 2 aliphatic heterocycles. The van der Waals surface area contributed by atoms with Crippen molar-refractivity contribution in [2.24, 2.45) is 0 Å². The maximum atomic E-state index is 12.1. The lowest BCUT2D eigenvalue weighted by atomic mass is 10.1. The van der Waals surface area contributed by atoms with E-state index in [1.54, 1.807) is 30.3 Å². The van der Waals surface area contributed by atoms with Gasteiger partial charge in [0.25, 0.3) is 11.1 Å². The quantitative estimate of drug-likeness (QED) is 0.448. The lowest BCUT2D eigenvalue weighted by molar-refractivity contribution is 1.24. The summed E-state index contributed by atoms with van der Waals surface area (Å²) >= 11 is 2.11. The van der Waals surface area contributed by atoms with E-state index in [0.29, 0.717) is 21.8 Å². The van der Waals surface area contributed by atoms with Gasteiger partial charge in [-0.3, -0.25) is 9.59 Å². The minimum Gasteiger partial charge on any atom is -0.267 e. The van der Waals surface area contributed by atoms with Gasteiger partial charge in [0.15, 0.2) is 0 Å². The minimum atomic E-state index is -0.277. The van der Waals surface area contributed by atoms with Gasteiger partial charge in [-0.05, 0) is 46.9 Å². The molecule has 2 aromatic carbocycles. The van der Waals surface area contributed by atoms with Crippen molar-refractivity contribution in [3.05, 3.63) is 65.0 Å². The molecule has 0 radical (unpaired) electrons. The summed E-state index contributed by atoms with van der Waals surface area (Å²) in [7, 11) is 0. The molecule has 90 valence electrons. The van der Waals surface area contributed by atoms with Crippen molar-refractivity contribution in [2.75, 3.05) is 0 Å². The smallest absolute Gasteiger partial charge is 0.267 e. The number of rotatable bonds is 0. The first-order valence-electron chi connectivity index (χ1n) is 5.65. The molecule has 19 heavy (non-hydrogen) atoms. The first-order chi connectivity index (χ1) is 9.16. The van der Waals surface area contributed by atoms with Crippen molar-refractivity contribution in [1.82, 2.24) is 9.97 Å². The zero-order valence-corrected chi connectivity index (χ0v) is 11.6. The van der Waals surface area contributed by atoms with Crippen LogP contribution in [0, 0.1) is 14.0 Å². The van der Waals surface area contributed by atoms with Crippen LogP contribution in [0.3, 0.4) is 0 Å². The average Bonchev–Trinajstić information content (AvgIpc) is 2.39. The van der Waals surface area contributed by atoms with Gasteiger partial charge in [-0.1, -0.05) is 6.07 Å². The number of benzene rings is 2. The minimum absolute atomic E-state index is 0.268. The third kappa shape index (κ3) is 1.33. The highest BCUT2D eigenvalue weighted by Gasteiger charge is 2.13. The van der Waals surface area contributed by atoms with Crippen LogP contribution in [-0.2, 0) is 0 Å². The molecule has 2 heterocycles. The Hall–Kier alpha value is -1.89. The lowest BCUT2D eigenvalue weighted by Gasteiger charge is -2.05. The second-order valence-electron chi connectivity index (χ2n) is 4.35. The highest BCUT2D eigenvalue weighted by molar-refractivity contribution is 14.1. The summed E-state index contributed by atoms with van der Waals surface area (Å²) in [4.78, 5) is 32.3. The summed E-state index contributed by atoms with van der Waals surface area (Å²) in [6, 6.07) is 8.77. The van der Waals surface area contributed by atoms with Crippen molar-refractivity contribution in [3.8, 4) is 0 Å². The normalized spacial score (nSPS) is 11.8. The molecule has 2 aromatic rings. The van der Waals surface area contributed by atoms with Crippen LogP contribution in [0.2, 0.25) is 0 Å². The molecule has 0 spiro atoms. The molecular formula is C14H5IN2O2. The van der Waals surface area contributed by atoms with E-state index in [2.05, 4.69) is 32.6 Å². The van der Waals surface area contributed by atoms with Crippen LogP contribution >= 0.6 is 22.6 Å².